The molecule has 1 aliphatic carbocycles. The van der Waals surface area contributed by atoms with E-state index in [1.54, 1.807) is 0 Å². The molecule has 1 atom stereocenters. The lowest BCUT2D eigenvalue weighted by Crippen LogP contribution is -2.14. The first kappa shape index (κ1) is 18.3. The van der Waals surface area contributed by atoms with Crippen LogP contribution in [0.3, 0.4) is 0 Å². The number of carbonyl (C=O) groups is 1. The summed E-state index contributed by atoms with van der Waals surface area (Å²) in [6.07, 6.45) is 9.01. The lowest BCUT2D eigenvalue weighted by molar-refractivity contribution is -0.115. The third kappa shape index (κ3) is 4.09. The van der Waals surface area contributed by atoms with E-state index in [1.807, 2.05) is 17.5 Å². The predicted molar refractivity (Wildman–Crippen MR) is 110 cm³/mol. The number of amides is 1. The van der Waals surface area contributed by atoms with Gasteiger partial charge in [0.05, 0.1) is 12.1 Å². The fourth-order valence-electron chi connectivity index (χ4n) is 3.05. The van der Waals surface area contributed by atoms with Crippen LogP contribution in [-0.4, -0.2) is 17.7 Å². The Kier molecular flexibility index (Phi) is 5.31. The van der Waals surface area contributed by atoms with Crippen LogP contribution in [0.4, 0.5) is 5.13 Å². The summed E-state index contributed by atoms with van der Waals surface area (Å²) in [6.45, 7) is 2.41. The fraction of sp³-hybridized carbons (Fsp3) is 0.300. The second kappa shape index (κ2) is 7.86. The van der Waals surface area contributed by atoms with Gasteiger partial charge < -0.3 is 14.8 Å². The third-order valence-corrected chi connectivity index (χ3v) is 6.15. The molecular weight excluding hydrogens is 428 g/mol. The lowest BCUT2D eigenvalue weighted by Gasteiger charge is -2.12. The molecule has 1 amide bonds. The van der Waals surface area contributed by atoms with Crippen molar-refractivity contribution in [1.82, 2.24) is 4.98 Å². The topological polar surface area (TPSA) is 60.5 Å². The first-order valence-electron chi connectivity index (χ1n) is 8.84. The monoisotopic (exact) mass is 446 g/mol. The van der Waals surface area contributed by atoms with Crippen LogP contribution in [0.15, 0.2) is 40.2 Å². The zero-order chi connectivity index (χ0) is 18.8. The number of halogens is 1. The molecule has 0 fully saturated rings. The Bertz CT molecular complexity index is 935. The van der Waals surface area contributed by atoms with Crippen LogP contribution in [0.1, 0.15) is 31.0 Å². The molecular formula is C20H19BrN2O3S. The average molecular weight is 447 g/mol. The number of thiazole rings is 1. The molecule has 0 saturated carbocycles. The van der Waals surface area contributed by atoms with Crippen molar-refractivity contribution < 1.29 is 14.3 Å². The van der Waals surface area contributed by atoms with Crippen molar-refractivity contribution in [2.75, 3.05) is 12.1 Å². The molecule has 2 aromatic rings. The molecule has 1 aromatic heterocycles. The Balaban J connectivity index is 1.40. The number of ether oxygens (including phenoxy) is 2. The van der Waals surface area contributed by atoms with E-state index in [0.717, 1.165) is 34.1 Å². The molecule has 0 spiro atoms. The highest BCUT2D eigenvalue weighted by Gasteiger charge is 2.18. The second-order valence-electron chi connectivity index (χ2n) is 6.48. The van der Waals surface area contributed by atoms with E-state index in [4.69, 9.17) is 9.47 Å². The third-order valence-electron chi connectivity index (χ3n) is 4.65. The summed E-state index contributed by atoms with van der Waals surface area (Å²) in [4.78, 5) is 17.0. The minimum atomic E-state index is -0.116. The molecule has 140 valence electrons. The molecule has 7 heteroatoms. The number of anilines is 1. The van der Waals surface area contributed by atoms with Gasteiger partial charge in [-0.3, -0.25) is 4.79 Å². The van der Waals surface area contributed by atoms with Gasteiger partial charge in [0, 0.05) is 9.85 Å². The average Bonchev–Trinajstić information content (AvgIpc) is 3.31. The number of hydrogen-bond acceptors (Lipinski definition) is 5. The van der Waals surface area contributed by atoms with Crippen molar-refractivity contribution in [3.05, 3.63) is 51.5 Å². The van der Waals surface area contributed by atoms with Crippen LogP contribution in [0.5, 0.6) is 11.5 Å². The van der Waals surface area contributed by atoms with Gasteiger partial charge in [-0.1, -0.05) is 41.1 Å². The van der Waals surface area contributed by atoms with E-state index in [-0.39, 0.29) is 19.1 Å². The Morgan fingerprint density at radius 1 is 1.37 bits per heavy atom. The van der Waals surface area contributed by atoms with Gasteiger partial charge in [0.2, 0.25) is 12.7 Å². The van der Waals surface area contributed by atoms with Gasteiger partial charge in [-0.25, -0.2) is 4.98 Å². The first-order chi connectivity index (χ1) is 13.1. The summed E-state index contributed by atoms with van der Waals surface area (Å²) in [5.74, 6) is 1.86. The Morgan fingerprint density at radius 2 is 2.19 bits per heavy atom. The maximum absolute atomic E-state index is 12.4. The van der Waals surface area contributed by atoms with E-state index >= 15 is 0 Å². The highest BCUT2D eigenvalue weighted by Crippen LogP contribution is 2.37. The number of hydrogen-bond donors (Lipinski definition) is 1. The quantitative estimate of drug-likeness (QED) is 0.686. The molecule has 2 aliphatic rings. The van der Waals surface area contributed by atoms with Crippen LogP contribution in [0.2, 0.25) is 0 Å². The van der Waals surface area contributed by atoms with E-state index in [1.165, 1.54) is 11.3 Å². The normalized spacial score (nSPS) is 17.7. The second-order valence-corrected chi connectivity index (χ2v) is 8.19. The summed E-state index contributed by atoms with van der Waals surface area (Å²) in [7, 11) is 0. The Hall–Kier alpha value is -2.12. The molecule has 4 rings (SSSR count). The minimum Gasteiger partial charge on any atom is -0.454 e. The molecule has 1 N–H and O–H groups in total. The van der Waals surface area contributed by atoms with Crippen LogP contribution in [0.25, 0.3) is 5.57 Å². The van der Waals surface area contributed by atoms with E-state index in [0.29, 0.717) is 22.5 Å². The van der Waals surface area contributed by atoms with Crippen molar-refractivity contribution in [2.24, 2.45) is 5.92 Å². The smallest absolute Gasteiger partial charge is 0.231 e. The van der Waals surface area contributed by atoms with Crippen molar-refractivity contribution >= 4 is 43.9 Å². The van der Waals surface area contributed by atoms with Gasteiger partial charge in [-0.15, -0.1) is 11.3 Å². The van der Waals surface area contributed by atoms with Crippen molar-refractivity contribution in [3.63, 3.8) is 0 Å². The van der Waals surface area contributed by atoms with Gasteiger partial charge in [0.25, 0.3) is 0 Å². The summed E-state index contributed by atoms with van der Waals surface area (Å²) in [6, 6.07) is 3.67. The van der Waals surface area contributed by atoms with E-state index in [2.05, 4.69) is 51.4 Å². The van der Waals surface area contributed by atoms with Crippen LogP contribution >= 0.6 is 27.3 Å². The zero-order valence-electron chi connectivity index (χ0n) is 14.8. The molecule has 27 heavy (non-hydrogen) atoms. The number of rotatable bonds is 5. The molecule has 1 aliphatic heterocycles. The first-order valence-corrected chi connectivity index (χ1v) is 10.5. The van der Waals surface area contributed by atoms with Crippen LogP contribution < -0.4 is 14.8 Å². The Morgan fingerprint density at radius 3 is 2.93 bits per heavy atom. The van der Waals surface area contributed by atoms with E-state index in [9.17, 15) is 4.79 Å². The Labute approximate surface area is 170 Å². The number of nitrogens with zero attached hydrogens (tertiary/aromatic N) is 1. The van der Waals surface area contributed by atoms with E-state index < -0.39 is 0 Å². The summed E-state index contributed by atoms with van der Waals surface area (Å²) in [5, 5.41) is 5.48. The van der Waals surface area contributed by atoms with Crippen LogP contribution in [0, 0.1) is 5.92 Å². The summed E-state index contributed by atoms with van der Waals surface area (Å²) >= 11 is 4.93. The highest BCUT2D eigenvalue weighted by molar-refractivity contribution is 9.10. The number of benzene rings is 1. The number of nitrogens with one attached hydrogen (secondary N) is 1. The zero-order valence-corrected chi connectivity index (χ0v) is 17.2. The maximum Gasteiger partial charge on any atom is 0.231 e. The molecule has 0 radical (unpaired) electrons. The highest BCUT2D eigenvalue weighted by atomic mass is 79.9. The van der Waals surface area contributed by atoms with Gasteiger partial charge in [-0.2, -0.15) is 0 Å². The molecule has 0 saturated heterocycles. The summed E-state index contributed by atoms with van der Waals surface area (Å²) < 4.78 is 11.5. The molecule has 1 aromatic carbocycles. The molecule has 2 heterocycles. The van der Waals surface area contributed by atoms with Crippen LogP contribution in [-0.2, 0) is 11.2 Å². The molecule has 1 unspecified atom stereocenters. The predicted octanol–water partition coefficient (Wildman–Crippen LogP) is 5.19. The van der Waals surface area contributed by atoms with Gasteiger partial charge in [0.1, 0.15) is 0 Å². The van der Waals surface area contributed by atoms with Gasteiger partial charge in [0.15, 0.2) is 16.6 Å². The maximum atomic E-state index is 12.4. The van der Waals surface area contributed by atoms with Crippen molar-refractivity contribution in [3.8, 4) is 11.5 Å². The summed E-state index contributed by atoms with van der Waals surface area (Å²) in [5.41, 5.74) is 2.87. The van der Waals surface area contributed by atoms with Gasteiger partial charge in [-0.05, 0) is 42.0 Å². The molecule has 5 nitrogen and oxygen atoms in total. The largest absolute Gasteiger partial charge is 0.454 e. The molecule has 0 bridgehead atoms. The van der Waals surface area contributed by atoms with Gasteiger partial charge >= 0.3 is 0 Å². The van der Waals surface area contributed by atoms with Crippen molar-refractivity contribution in [1.29, 1.82) is 0 Å². The number of fused-ring (bicyclic) bond motifs is 1. The number of allylic oxidation sites excluding steroid dienone is 4. The number of carbonyl (C=O) groups excluding carboxylic acids is 1. The van der Waals surface area contributed by atoms with Crippen molar-refractivity contribution in [2.45, 2.75) is 26.2 Å². The lowest BCUT2D eigenvalue weighted by atomic mass is 9.94. The fourth-order valence-corrected chi connectivity index (χ4v) is 4.25. The standard InChI is InChI=1S/C20H19BrN2O3S/c1-2-12-3-5-13(6-4-12)16-10-27-20(22-16)23-19(24)8-14-7-17-18(9-15(14)21)26-11-25-17/h3,5-7,9-10,12H,2,4,8,11H2,1H3,(H,22,23,24). The minimum absolute atomic E-state index is 0.116. The number of aromatic nitrogens is 1. The SMILES string of the molecule is CCC1C=CC(c2csc(NC(=O)Cc3cc4c(cc3Br)OCO4)n2)=CC1.